The molecule has 0 radical (unpaired) electrons. The predicted molar refractivity (Wildman–Crippen MR) is 66.0 cm³/mol. The number of ether oxygens (including phenoxy) is 1. The normalized spacial score (nSPS) is 33.1. The molecule has 0 amide bonds. The minimum absolute atomic E-state index is 0.118. The van der Waals surface area contributed by atoms with Gasteiger partial charge in [-0.15, -0.1) is 6.58 Å². The lowest BCUT2D eigenvalue weighted by Gasteiger charge is -2.33. The van der Waals surface area contributed by atoms with Crippen LogP contribution in [-0.4, -0.2) is 12.2 Å². The van der Waals surface area contributed by atoms with E-state index < -0.39 is 0 Å². The standard InChI is InChI=1S/C14H26O/c1-4-12-15-14(3)10-6-8-13(5-2)9-7-11-14/h4,13H,1,5-12H2,2-3H3. The Labute approximate surface area is 94.9 Å². The van der Waals surface area contributed by atoms with Gasteiger partial charge in [-0.1, -0.05) is 45.1 Å². The lowest BCUT2D eigenvalue weighted by molar-refractivity contribution is -0.0373. The Morgan fingerprint density at radius 3 is 2.40 bits per heavy atom. The van der Waals surface area contributed by atoms with Gasteiger partial charge in [0, 0.05) is 0 Å². The van der Waals surface area contributed by atoms with E-state index in [1.165, 1.54) is 44.9 Å². The highest BCUT2D eigenvalue weighted by atomic mass is 16.5. The molecule has 1 aliphatic carbocycles. The summed E-state index contributed by atoms with van der Waals surface area (Å²) in [4.78, 5) is 0. The van der Waals surface area contributed by atoms with Gasteiger partial charge < -0.3 is 4.74 Å². The Hall–Kier alpha value is -0.300. The average Bonchev–Trinajstić information content (AvgIpc) is 2.21. The van der Waals surface area contributed by atoms with Gasteiger partial charge in [0.05, 0.1) is 12.2 Å². The summed E-state index contributed by atoms with van der Waals surface area (Å²) in [5.41, 5.74) is 0.118. The van der Waals surface area contributed by atoms with Crippen LogP contribution in [0.4, 0.5) is 0 Å². The molecular formula is C14H26O. The van der Waals surface area contributed by atoms with Crippen molar-refractivity contribution in [3.63, 3.8) is 0 Å². The van der Waals surface area contributed by atoms with E-state index in [1.54, 1.807) is 0 Å². The Morgan fingerprint density at radius 2 is 1.93 bits per heavy atom. The molecule has 0 N–H and O–H groups in total. The van der Waals surface area contributed by atoms with E-state index in [9.17, 15) is 0 Å². The molecule has 0 heterocycles. The van der Waals surface area contributed by atoms with E-state index in [2.05, 4.69) is 20.4 Å². The zero-order valence-corrected chi connectivity index (χ0v) is 10.4. The highest BCUT2D eigenvalue weighted by Crippen LogP contribution is 2.32. The van der Waals surface area contributed by atoms with Crippen LogP contribution in [0.15, 0.2) is 12.7 Å². The molecule has 88 valence electrons. The van der Waals surface area contributed by atoms with Crippen LogP contribution < -0.4 is 0 Å². The van der Waals surface area contributed by atoms with Crippen LogP contribution in [0.3, 0.4) is 0 Å². The minimum atomic E-state index is 0.118. The first kappa shape index (κ1) is 12.8. The Morgan fingerprint density at radius 1 is 1.33 bits per heavy atom. The second-order valence-electron chi connectivity index (χ2n) is 5.11. The molecule has 0 aromatic carbocycles. The third-order valence-corrected chi connectivity index (χ3v) is 3.76. The topological polar surface area (TPSA) is 9.23 Å². The van der Waals surface area contributed by atoms with Crippen molar-refractivity contribution >= 4 is 0 Å². The van der Waals surface area contributed by atoms with Crippen molar-refractivity contribution in [3.05, 3.63) is 12.7 Å². The van der Waals surface area contributed by atoms with Gasteiger partial charge in [0.2, 0.25) is 0 Å². The Bertz CT molecular complexity index is 176. The summed E-state index contributed by atoms with van der Waals surface area (Å²) in [7, 11) is 0. The number of rotatable bonds is 4. The fraction of sp³-hybridized carbons (Fsp3) is 0.857. The third kappa shape index (κ3) is 4.38. The maximum absolute atomic E-state index is 5.91. The maximum Gasteiger partial charge on any atom is 0.0658 e. The van der Waals surface area contributed by atoms with E-state index in [4.69, 9.17) is 4.74 Å². The molecule has 15 heavy (non-hydrogen) atoms. The maximum atomic E-state index is 5.91. The van der Waals surface area contributed by atoms with Crippen molar-refractivity contribution in [2.45, 2.75) is 64.4 Å². The van der Waals surface area contributed by atoms with Gasteiger partial charge in [0.15, 0.2) is 0 Å². The van der Waals surface area contributed by atoms with Crippen LogP contribution in [0.2, 0.25) is 0 Å². The molecule has 0 aromatic heterocycles. The first-order valence-corrected chi connectivity index (χ1v) is 6.45. The molecule has 0 unspecified atom stereocenters. The Kier molecular flexibility index (Phi) is 5.38. The molecule has 0 aliphatic heterocycles. The van der Waals surface area contributed by atoms with Gasteiger partial charge in [-0.3, -0.25) is 0 Å². The average molecular weight is 210 g/mol. The molecule has 0 atom stereocenters. The summed E-state index contributed by atoms with van der Waals surface area (Å²) >= 11 is 0. The second-order valence-corrected chi connectivity index (χ2v) is 5.11. The molecule has 0 spiro atoms. The van der Waals surface area contributed by atoms with Gasteiger partial charge >= 0.3 is 0 Å². The van der Waals surface area contributed by atoms with Crippen LogP contribution in [0.25, 0.3) is 0 Å². The highest BCUT2D eigenvalue weighted by Gasteiger charge is 2.26. The van der Waals surface area contributed by atoms with Crippen molar-refractivity contribution < 1.29 is 4.74 Å². The van der Waals surface area contributed by atoms with E-state index in [-0.39, 0.29) is 5.60 Å². The second kappa shape index (κ2) is 6.32. The molecule has 1 nitrogen and oxygen atoms in total. The van der Waals surface area contributed by atoms with E-state index in [1.807, 2.05) is 6.08 Å². The zero-order valence-electron chi connectivity index (χ0n) is 10.4. The van der Waals surface area contributed by atoms with Gasteiger partial charge in [0.1, 0.15) is 0 Å². The third-order valence-electron chi connectivity index (χ3n) is 3.76. The van der Waals surface area contributed by atoms with Crippen molar-refractivity contribution in [2.24, 2.45) is 5.92 Å². The number of hydrogen-bond donors (Lipinski definition) is 0. The van der Waals surface area contributed by atoms with E-state index in [0.29, 0.717) is 6.61 Å². The zero-order chi connectivity index (χ0) is 11.1. The molecular weight excluding hydrogens is 184 g/mol. The predicted octanol–water partition coefficient (Wildman–Crippen LogP) is 4.33. The van der Waals surface area contributed by atoms with Crippen LogP contribution >= 0.6 is 0 Å². The van der Waals surface area contributed by atoms with Crippen LogP contribution in [0, 0.1) is 5.92 Å². The number of hydrogen-bond acceptors (Lipinski definition) is 1. The summed E-state index contributed by atoms with van der Waals surface area (Å²) in [5, 5.41) is 0. The molecule has 1 rings (SSSR count). The first-order chi connectivity index (χ1) is 7.20. The fourth-order valence-electron chi connectivity index (χ4n) is 2.61. The van der Waals surface area contributed by atoms with Gasteiger partial charge in [-0.25, -0.2) is 0 Å². The molecule has 1 saturated carbocycles. The molecule has 1 aliphatic rings. The van der Waals surface area contributed by atoms with Gasteiger partial charge in [-0.05, 0) is 25.7 Å². The van der Waals surface area contributed by atoms with Crippen LogP contribution in [-0.2, 0) is 4.74 Å². The van der Waals surface area contributed by atoms with Crippen molar-refractivity contribution in [1.29, 1.82) is 0 Å². The largest absolute Gasteiger partial charge is 0.371 e. The van der Waals surface area contributed by atoms with E-state index in [0.717, 1.165) is 5.92 Å². The lowest BCUT2D eigenvalue weighted by Crippen LogP contribution is -2.30. The summed E-state index contributed by atoms with van der Waals surface area (Å²) in [6.45, 7) is 9.01. The van der Waals surface area contributed by atoms with Crippen LogP contribution in [0.1, 0.15) is 58.8 Å². The first-order valence-electron chi connectivity index (χ1n) is 6.45. The van der Waals surface area contributed by atoms with Gasteiger partial charge in [-0.2, -0.15) is 0 Å². The smallest absolute Gasteiger partial charge is 0.0658 e. The van der Waals surface area contributed by atoms with E-state index >= 15 is 0 Å². The molecule has 0 aromatic rings. The minimum Gasteiger partial charge on any atom is -0.371 e. The summed E-state index contributed by atoms with van der Waals surface area (Å²) in [6.07, 6.45) is 11.1. The molecule has 1 fully saturated rings. The monoisotopic (exact) mass is 210 g/mol. The highest BCUT2D eigenvalue weighted by molar-refractivity contribution is 4.80. The SMILES string of the molecule is C=CCOC1(C)CCCC(CC)CCC1. The van der Waals surface area contributed by atoms with Crippen molar-refractivity contribution in [1.82, 2.24) is 0 Å². The fourth-order valence-corrected chi connectivity index (χ4v) is 2.61. The summed E-state index contributed by atoms with van der Waals surface area (Å²) < 4.78 is 5.91. The molecule has 1 heteroatoms. The molecule has 0 bridgehead atoms. The van der Waals surface area contributed by atoms with Crippen molar-refractivity contribution in [3.8, 4) is 0 Å². The van der Waals surface area contributed by atoms with Crippen molar-refractivity contribution in [2.75, 3.05) is 6.61 Å². The summed E-state index contributed by atoms with van der Waals surface area (Å²) in [6, 6.07) is 0. The van der Waals surface area contributed by atoms with Gasteiger partial charge in [0.25, 0.3) is 0 Å². The quantitative estimate of drug-likeness (QED) is 0.628. The Balaban J connectivity index is 2.39. The molecule has 0 saturated heterocycles. The van der Waals surface area contributed by atoms with Crippen LogP contribution in [0.5, 0.6) is 0 Å². The summed E-state index contributed by atoms with van der Waals surface area (Å²) in [5.74, 6) is 0.967. The lowest BCUT2D eigenvalue weighted by atomic mass is 9.83.